The molecule has 2 rings (SSSR count). The van der Waals surface area contributed by atoms with E-state index in [0.29, 0.717) is 6.04 Å². The van der Waals surface area contributed by atoms with Gasteiger partial charge in [0.15, 0.2) is 0 Å². The minimum atomic E-state index is 0.232. The number of aliphatic hydroxyl groups excluding tert-OH is 1. The quantitative estimate of drug-likeness (QED) is 0.839. The molecule has 1 aromatic rings. The number of piperidine rings is 1. The Balaban J connectivity index is 2.03. The van der Waals surface area contributed by atoms with Gasteiger partial charge >= 0.3 is 0 Å². The highest BCUT2D eigenvalue weighted by atomic mass is 16.3. The van der Waals surface area contributed by atoms with Crippen molar-refractivity contribution in [1.82, 2.24) is 10.3 Å². The normalized spacial score (nSPS) is 20.9. The predicted octanol–water partition coefficient (Wildman–Crippen LogP) is 2.49. The Labute approximate surface area is 122 Å². The first-order valence-corrected chi connectivity index (χ1v) is 7.83. The standard InChI is InChI=1S/C16H27N3O/c1-3-9-17-13(2)16-8-7-14(11-18-16)19-10-5-4-6-15(19)12-20/h7-8,11,13,15,17,20H,3-6,9-10,12H2,1-2H3. The predicted molar refractivity (Wildman–Crippen MR) is 83.0 cm³/mol. The van der Waals surface area contributed by atoms with E-state index in [2.05, 4.69) is 41.2 Å². The average Bonchev–Trinajstić information content (AvgIpc) is 2.52. The lowest BCUT2D eigenvalue weighted by molar-refractivity contribution is 0.240. The van der Waals surface area contributed by atoms with Gasteiger partial charge in [-0.2, -0.15) is 0 Å². The number of rotatable bonds is 6. The molecule has 1 saturated heterocycles. The van der Waals surface area contributed by atoms with E-state index in [1.54, 1.807) is 0 Å². The molecular formula is C16H27N3O. The Morgan fingerprint density at radius 3 is 2.95 bits per heavy atom. The molecule has 2 unspecified atom stereocenters. The fraction of sp³-hybridized carbons (Fsp3) is 0.688. The van der Waals surface area contributed by atoms with Gasteiger partial charge in [-0.3, -0.25) is 4.98 Å². The third kappa shape index (κ3) is 3.70. The largest absolute Gasteiger partial charge is 0.394 e. The summed E-state index contributed by atoms with van der Waals surface area (Å²) in [6, 6.07) is 4.79. The Kier molecular flexibility index (Phi) is 5.80. The van der Waals surface area contributed by atoms with Crippen molar-refractivity contribution >= 4 is 5.69 Å². The van der Waals surface area contributed by atoms with Gasteiger partial charge in [-0.25, -0.2) is 0 Å². The van der Waals surface area contributed by atoms with Crippen LogP contribution < -0.4 is 10.2 Å². The van der Waals surface area contributed by atoms with Gasteiger partial charge in [-0.05, 0) is 51.3 Å². The third-order valence-electron chi connectivity index (χ3n) is 4.08. The SMILES string of the molecule is CCCNC(C)c1ccc(N2CCCCC2CO)cn1. The van der Waals surface area contributed by atoms with Crippen molar-refractivity contribution in [3.05, 3.63) is 24.0 Å². The van der Waals surface area contributed by atoms with Crippen LogP contribution in [0.5, 0.6) is 0 Å². The Morgan fingerprint density at radius 1 is 1.45 bits per heavy atom. The zero-order valence-corrected chi connectivity index (χ0v) is 12.7. The first-order valence-electron chi connectivity index (χ1n) is 7.83. The van der Waals surface area contributed by atoms with Gasteiger partial charge in [0.25, 0.3) is 0 Å². The first-order chi connectivity index (χ1) is 9.76. The van der Waals surface area contributed by atoms with Crippen LogP contribution in [0.15, 0.2) is 18.3 Å². The number of hydrogen-bond acceptors (Lipinski definition) is 4. The lowest BCUT2D eigenvalue weighted by Gasteiger charge is -2.36. The summed E-state index contributed by atoms with van der Waals surface area (Å²) < 4.78 is 0. The van der Waals surface area contributed by atoms with Gasteiger partial charge < -0.3 is 15.3 Å². The Hall–Kier alpha value is -1.13. The number of aliphatic hydroxyl groups is 1. The van der Waals surface area contributed by atoms with Gasteiger partial charge in [-0.1, -0.05) is 6.92 Å². The zero-order valence-electron chi connectivity index (χ0n) is 12.7. The first kappa shape index (κ1) is 15.3. The van der Waals surface area contributed by atoms with Gasteiger partial charge in [0.2, 0.25) is 0 Å². The van der Waals surface area contributed by atoms with Crippen molar-refractivity contribution in [3.8, 4) is 0 Å². The molecule has 0 bridgehead atoms. The Bertz CT molecular complexity index is 393. The lowest BCUT2D eigenvalue weighted by Crippen LogP contribution is -2.42. The minimum absolute atomic E-state index is 0.232. The third-order valence-corrected chi connectivity index (χ3v) is 4.08. The number of pyridine rings is 1. The van der Waals surface area contributed by atoms with E-state index >= 15 is 0 Å². The summed E-state index contributed by atoms with van der Waals surface area (Å²) in [4.78, 5) is 6.89. The van der Waals surface area contributed by atoms with Gasteiger partial charge in [0.1, 0.15) is 0 Å². The number of hydrogen-bond donors (Lipinski definition) is 2. The van der Waals surface area contributed by atoms with Crippen molar-refractivity contribution in [2.45, 2.75) is 51.6 Å². The lowest BCUT2D eigenvalue weighted by atomic mass is 10.0. The van der Waals surface area contributed by atoms with Crippen LogP contribution in [0.25, 0.3) is 0 Å². The van der Waals surface area contributed by atoms with Crippen molar-refractivity contribution in [2.24, 2.45) is 0 Å². The van der Waals surface area contributed by atoms with Crippen LogP contribution in [-0.4, -0.2) is 35.8 Å². The molecule has 0 aliphatic carbocycles. The number of aromatic nitrogens is 1. The summed E-state index contributed by atoms with van der Waals surface area (Å²) >= 11 is 0. The summed E-state index contributed by atoms with van der Waals surface area (Å²) in [7, 11) is 0. The smallest absolute Gasteiger partial charge is 0.0635 e. The highest BCUT2D eigenvalue weighted by Crippen LogP contribution is 2.24. The second-order valence-electron chi connectivity index (χ2n) is 5.64. The topological polar surface area (TPSA) is 48.4 Å². The molecule has 4 nitrogen and oxygen atoms in total. The van der Waals surface area contributed by atoms with Gasteiger partial charge in [-0.15, -0.1) is 0 Å². The van der Waals surface area contributed by atoms with Gasteiger partial charge in [0, 0.05) is 12.6 Å². The van der Waals surface area contributed by atoms with Crippen LogP contribution in [0.1, 0.15) is 51.3 Å². The minimum Gasteiger partial charge on any atom is -0.394 e. The maximum Gasteiger partial charge on any atom is 0.0635 e. The average molecular weight is 277 g/mol. The fourth-order valence-electron chi connectivity index (χ4n) is 2.82. The van der Waals surface area contributed by atoms with E-state index < -0.39 is 0 Å². The maximum absolute atomic E-state index is 9.49. The second kappa shape index (κ2) is 7.60. The molecule has 0 amide bonds. The van der Waals surface area contributed by atoms with Crippen LogP contribution in [0.3, 0.4) is 0 Å². The summed E-state index contributed by atoms with van der Waals surface area (Å²) in [6.07, 6.45) is 6.58. The van der Waals surface area contributed by atoms with Gasteiger partial charge in [0.05, 0.1) is 30.2 Å². The molecule has 2 N–H and O–H groups in total. The van der Waals surface area contributed by atoms with E-state index in [0.717, 1.165) is 37.3 Å². The second-order valence-corrected chi connectivity index (χ2v) is 5.64. The molecule has 0 spiro atoms. The molecule has 2 heterocycles. The van der Waals surface area contributed by atoms with E-state index in [-0.39, 0.29) is 12.6 Å². The van der Waals surface area contributed by atoms with Crippen LogP contribution in [-0.2, 0) is 0 Å². The van der Waals surface area contributed by atoms with Crippen LogP contribution in [0, 0.1) is 0 Å². The van der Waals surface area contributed by atoms with Crippen molar-refractivity contribution in [2.75, 3.05) is 24.6 Å². The van der Waals surface area contributed by atoms with Crippen LogP contribution in [0.4, 0.5) is 5.69 Å². The molecule has 1 aromatic heterocycles. The summed E-state index contributed by atoms with van der Waals surface area (Å²) in [6.45, 7) is 6.59. The van der Waals surface area contributed by atoms with E-state index in [9.17, 15) is 5.11 Å². The van der Waals surface area contributed by atoms with Crippen molar-refractivity contribution in [1.29, 1.82) is 0 Å². The Morgan fingerprint density at radius 2 is 2.30 bits per heavy atom. The summed E-state index contributed by atoms with van der Waals surface area (Å²) in [5, 5.41) is 12.9. The zero-order chi connectivity index (χ0) is 14.4. The van der Waals surface area contributed by atoms with E-state index in [4.69, 9.17) is 0 Å². The number of nitrogens with zero attached hydrogens (tertiary/aromatic N) is 2. The van der Waals surface area contributed by atoms with Crippen LogP contribution >= 0.6 is 0 Å². The van der Waals surface area contributed by atoms with E-state index in [1.807, 2.05) is 6.20 Å². The molecule has 0 aromatic carbocycles. The van der Waals surface area contributed by atoms with Crippen LogP contribution in [0.2, 0.25) is 0 Å². The fourth-order valence-corrected chi connectivity index (χ4v) is 2.82. The molecule has 0 saturated carbocycles. The highest BCUT2D eigenvalue weighted by molar-refractivity contribution is 5.46. The molecule has 1 aliphatic heterocycles. The molecule has 4 heteroatoms. The molecule has 1 aliphatic rings. The molecule has 2 atom stereocenters. The highest BCUT2D eigenvalue weighted by Gasteiger charge is 2.22. The van der Waals surface area contributed by atoms with Crippen molar-refractivity contribution < 1.29 is 5.11 Å². The maximum atomic E-state index is 9.49. The van der Waals surface area contributed by atoms with E-state index in [1.165, 1.54) is 12.8 Å². The monoisotopic (exact) mass is 277 g/mol. The number of anilines is 1. The molecule has 112 valence electrons. The molecule has 20 heavy (non-hydrogen) atoms. The number of nitrogens with one attached hydrogen (secondary N) is 1. The molecule has 1 fully saturated rings. The van der Waals surface area contributed by atoms with Crippen molar-refractivity contribution in [3.63, 3.8) is 0 Å². The molecule has 0 radical (unpaired) electrons. The summed E-state index contributed by atoms with van der Waals surface area (Å²) in [5.41, 5.74) is 2.22. The summed E-state index contributed by atoms with van der Waals surface area (Å²) in [5.74, 6) is 0. The molecular weight excluding hydrogens is 250 g/mol.